The van der Waals surface area contributed by atoms with Gasteiger partial charge >= 0.3 is 0 Å². The molecule has 2 fully saturated rings. The number of carbonyl (C=O) groups excluding carboxylic acids is 1. The van der Waals surface area contributed by atoms with Crippen LogP contribution in [0.15, 0.2) is 30.3 Å². The molecule has 5 nitrogen and oxygen atoms in total. The molecule has 2 heterocycles. The van der Waals surface area contributed by atoms with E-state index < -0.39 is 0 Å². The SMILES string of the molecule is O=C(COc1ccccc1)N(CCN1CCCC1)C1CCOCC1. The van der Waals surface area contributed by atoms with Gasteiger partial charge in [-0.3, -0.25) is 4.79 Å². The quantitative estimate of drug-likeness (QED) is 0.767. The standard InChI is InChI=1S/C19H28N2O3/c22-19(16-24-18-6-2-1-3-7-18)21(17-8-14-23-15-9-17)13-12-20-10-4-5-11-20/h1-3,6-7,17H,4-5,8-16H2. The summed E-state index contributed by atoms with van der Waals surface area (Å²) in [6, 6.07) is 9.84. The van der Waals surface area contributed by atoms with Gasteiger partial charge in [0.1, 0.15) is 5.75 Å². The molecule has 0 bridgehead atoms. The second kappa shape index (κ2) is 9.04. The Morgan fingerprint density at radius 2 is 1.88 bits per heavy atom. The molecule has 2 aliphatic heterocycles. The van der Waals surface area contributed by atoms with Crippen LogP contribution in [-0.2, 0) is 9.53 Å². The number of ether oxygens (including phenoxy) is 2. The van der Waals surface area contributed by atoms with Crippen LogP contribution in [-0.4, -0.2) is 67.7 Å². The first kappa shape index (κ1) is 17.2. The highest BCUT2D eigenvalue weighted by molar-refractivity contribution is 5.78. The molecule has 1 amide bonds. The molecule has 3 rings (SSSR count). The van der Waals surface area contributed by atoms with Crippen LogP contribution in [0.25, 0.3) is 0 Å². The van der Waals surface area contributed by atoms with Crippen molar-refractivity contribution in [1.82, 2.24) is 9.80 Å². The predicted molar refractivity (Wildman–Crippen MR) is 93.2 cm³/mol. The van der Waals surface area contributed by atoms with Crippen molar-refractivity contribution < 1.29 is 14.3 Å². The van der Waals surface area contributed by atoms with E-state index in [0.717, 1.165) is 58.0 Å². The fourth-order valence-electron chi connectivity index (χ4n) is 3.51. The van der Waals surface area contributed by atoms with Crippen LogP contribution in [0.3, 0.4) is 0 Å². The van der Waals surface area contributed by atoms with Gasteiger partial charge in [0.25, 0.3) is 5.91 Å². The van der Waals surface area contributed by atoms with Crippen LogP contribution in [0.5, 0.6) is 5.75 Å². The molecule has 0 radical (unpaired) electrons. The van der Waals surface area contributed by atoms with E-state index in [1.54, 1.807) is 0 Å². The van der Waals surface area contributed by atoms with E-state index in [2.05, 4.69) is 4.90 Å². The molecule has 0 saturated carbocycles. The summed E-state index contributed by atoms with van der Waals surface area (Å²) >= 11 is 0. The van der Waals surface area contributed by atoms with Crippen molar-refractivity contribution in [3.63, 3.8) is 0 Å². The first-order chi connectivity index (χ1) is 11.8. The van der Waals surface area contributed by atoms with E-state index in [9.17, 15) is 4.79 Å². The Labute approximate surface area is 144 Å². The Kier molecular flexibility index (Phi) is 6.49. The molecule has 1 aromatic rings. The molecule has 0 unspecified atom stereocenters. The fourth-order valence-corrected chi connectivity index (χ4v) is 3.51. The summed E-state index contributed by atoms with van der Waals surface area (Å²) in [5, 5.41) is 0. The van der Waals surface area contributed by atoms with Gasteiger partial charge in [-0.15, -0.1) is 0 Å². The number of para-hydroxylation sites is 1. The van der Waals surface area contributed by atoms with Crippen molar-refractivity contribution in [3.8, 4) is 5.75 Å². The molecule has 0 aliphatic carbocycles. The highest BCUT2D eigenvalue weighted by Crippen LogP contribution is 2.17. The maximum Gasteiger partial charge on any atom is 0.260 e. The van der Waals surface area contributed by atoms with Crippen LogP contribution >= 0.6 is 0 Å². The summed E-state index contributed by atoms with van der Waals surface area (Å²) in [4.78, 5) is 17.2. The third-order valence-electron chi connectivity index (χ3n) is 4.91. The summed E-state index contributed by atoms with van der Waals surface area (Å²) in [5.74, 6) is 0.835. The van der Waals surface area contributed by atoms with Crippen LogP contribution in [0.4, 0.5) is 0 Å². The van der Waals surface area contributed by atoms with Gasteiger partial charge in [0.15, 0.2) is 6.61 Å². The maximum absolute atomic E-state index is 12.8. The van der Waals surface area contributed by atoms with Gasteiger partial charge in [-0.2, -0.15) is 0 Å². The minimum Gasteiger partial charge on any atom is -0.484 e. The number of rotatable bonds is 7. The number of carbonyl (C=O) groups is 1. The molecule has 0 atom stereocenters. The Morgan fingerprint density at radius 3 is 2.58 bits per heavy atom. The lowest BCUT2D eigenvalue weighted by Crippen LogP contribution is -2.48. The third kappa shape index (κ3) is 4.95. The molecule has 24 heavy (non-hydrogen) atoms. The van der Waals surface area contributed by atoms with Crippen molar-refractivity contribution in [2.75, 3.05) is 46.0 Å². The molecule has 2 saturated heterocycles. The first-order valence-electron chi connectivity index (χ1n) is 9.10. The van der Waals surface area contributed by atoms with E-state index in [0.29, 0.717) is 0 Å². The summed E-state index contributed by atoms with van der Waals surface area (Å²) in [6.45, 7) is 5.69. The van der Waals surface area contributed by atoms with Crippen LogP contribution in [0, 0.1) is 0 Å². The van der Waals surface area contributed by atoms with Crippen molar-refractivity contribution in [2.24, 2.45) is 0 Å². The minimum atomic E-state index is 0.0879. The van der Waals surface area contributed by atoms with Gasteiger partial charge in [0.05, 0.1) is 0 Å². The lowest BCUT2D eigenvalue weighted by molar-refractivity contribution is -0.137. The summed E-state index contributed by atoms with van der Waals surface area (Å²) in [5.41, 5.74) is 0. The van der Waals surface area contributed by atoms with Gasteiger partial charge in [0, 0.05) is 32.3 Å². The molecule has 2 aliphatic rings. The Hall–Kier alpha value is -1.59. The number of likely N-dealkylation sites (tertiary alicyclic amines) is 1. The molecular formula is C19H28N2O3. The topological polar surface area (TPSA) is 42.0 Å². The van der Waals surface area contributed by atoms with Gasteiger partial charge in [-0.1, -0.05) is 18.2 Å². The van der Waals surface area contributed by atoms with Gasteiger partial charge in [-0.25, -0.2) is 0 Å². The number of hydrogen-bond acceptors (Lipinski definition) is 4. The molecule has 0 aromatic heterocycles. The average Bonchev–Trinajstić information content (AvgIpc) is 3.15. The van der Waals surface area contributed by atoms with Crippen LogP contribution in [0.2, 0.25) is 0 Å². The smallest absolute Gasteiger partial charge is 0.260 e. The van der Waals surface area contributed by atoms with Gasteiger partial charge < -0.3 is 19.3 Å². The van der Waals surface area contributed by atoms with E-state index in [-0.39, 0.29) is 18.6 Å². The third-order valence-corrected chi connectivity index (χ3v) is 4.91. The number of benzene rings is 1. The molecular weight excluding hydrogens is 304 g/mol. The average molecular weight is 332 g/mol. The molecule has 5 heteroatoms. The number of amides is 1. The first-order valence-corrected chi connectivity index (χ1v) is 9.10. The van der Waals surface area contributed by atoms with Crippen LogP contribution < -0.4 is 4.74 Å². The lowest BCUT2D eigenvalue weighted by Gasteiger charge is -2.35. The van der Waals surface area contributed by atoms with E-state index in [4.69, 9.17) is 9.47 Å². The second-order valence-corrected chi connectivity index (χ2v) is 6.58. The predicted octanol–water partition coefficient (Wildman–Crippen LogP) is 2.17. The monoisotopic (exact) mass is 332 g/mol. The Balaban J connectivity index is 1.55. The van der Waals surface area contributed by atoms with Gasteiger partial charge in [0.2, 0.25) is 0 Å². The largest absolute Gasteiger partial charge is 0.484 e. The maximum atomic E-state index is 12.8. The summed E-state index contributed by atoms with van der Waals surface area (Å²) in [7, 11) is 0. The van der Waals surface area contributed by atoms with Crippen molar-refractivity contribution in [1.29, 1.82) is 0 Å². The van der Waals surface area contributed by atoms with E-state index in [1.165, 1.54) is 12.8 Å². The normalized spacial score (nSPS) is 19.3. The summed E-state index contributed by atoms with van der Waals surface area (Å²) < 4.78 is 11.1. The zero-order chi connectivity index (χ0) is 16.6. The highest BCUT2D eigenvalue weighted by Gasteiger charge is 2.26. The van der Waals surface area contributed by atoms with Crippen molar-refractivity contribution >= 4 is 5.91 Å². The molecule has 0 N–H and O–H groups in total. The molecule has 132 valence electrons. The Morgan fingerprint density at radius 1 is 1.17 bits per heavy atom. The van der Waals surface area contributed by atoms with E-state index >= 15 is 0 Å². The zero-order valence-electron chi connectivity index (χ0n) is 14.4. The second-order valence-electron chi connectivity index (χ2n) is 6.58. The summed E-state index contributed by atoms with van der Waals surface area (Å²) in [6.07, 6.45) is 4.42. The highest BCUT2D eigenvalue weighted by atomic mass is 16.5. The van der Waals surface area contributed by atoms with Crippen LogP contribution in [0.1, 0.15) is 25.7 Å². The lowest BCUT2D eigenvalue weighted by atomic mass is 10.1. The van der Waals surface area contributed by atoms with E-state index in [1.807, 2.05) is 35.2 Å². The molecule has 0 spiro atoms. The number of hydrogen-bond donors (Lipinski definition) is 0. The minimum absolute atomic E-state index is 0.0879. The Bertz CT molecular complexity index is 497. The zero-order valence-corrected chi connectivity index (χ0v) is 14.4. The fraction of sp³-hybridized carbons (Fsp3) is 0.632. The van der Waals surface area contributed by atoms with Crippen molar-refractivity contribution in [2.45, 2.75) is 31.7 Å². The number of nitrogens with zero attached hydrogens (tertiary/aromatic N) is 2. The van der Waals surface area contributed by atoms with Crippen molar-refractivity contribution in [3.05, 3.63) is 30.3 Å². The van der Waals surface area contributed by atoms with Gasteiger partial charge in [-0.05, 0) is 50.9 Å². The molecule has 1 aromatic carbocycles.